The van der Waals surface area contributed by atoms with Gasteiger partial charge in [-0.25, -0.2) is 4.68 Å². The Morgan fingerprint density at radius 1 is 0.964 bits per heavy atom. The van der Waals surface area contributed by atoms with Crippen LogP contribution in [0.2, 0.25) is 10.0 Å². The predicted molar refractivity (Wildman–Crippen MR) is 109 cm³/mol. The zero-order valence-electron chi connectivity index (χ0n) is 15.2. The lowest BCUT2D eigenvalue weighted by Crippen LogP contribution is -2.41. The largest absolute Gasteiger partial charge is 0.273 e. The first-order chi connectivity index (χ1) is 13.4. The Balaban J connectivity index is 1.80. The minimum absolute atomic E-state index is 0.00852. The van der Waals surface area contributed by atoms with Crippen LogP contribution in [0, 0.1) is 0 Å². The van der Waals surface area contributed by atoms with Crippen molar-refractivity contribution in [2.75, 3.05) is 0 Å². The van der Waals surface area contributed by atoms with Crippen LogP contribution in [0.5, 0.6) is 0 Å². The van der Waals surface area contributed by atoms with Crippen LogP contribution in [0.4, 0.5) is 0 Å². The Bertz CT molecular complexity index is 1010. The Labute approximate surface area is 172 Å². The van der Waals surface area contributed by atoms with Crippen molar-refractivity contribution < 1.29 is 9.59 Å². The smallest absolute Gasteiger partial charge is 0.267 e. The molecule has 3 aromatic rings. The second-order valence-electron chi connectivity index (χ2n) is 6.41. The summed E-state index contributed by atoms with van der Waals surface area (Å²) in [4.78, 5) is 24.8. The summed E-state index contributed by atoms with van der Waals surface area (Å²) in [5.74, 6) is -0.896. The Morgan fingerprint density at radius 3 is 2.29 bits per heavy atom. The van der Waals surface area contributed by atoms with Gasteiger partial charge in [-0.05, 0) is 48.4 Å². The fourth-order valence-electron chi connectivity index (χ4n) is 2.76. The summed E-state index contributed by atoms with van der Waals surface area (Å²) >= 11 is 11.9. The highest BCUT2D eigenvalue weighted by atomic mass is 35.5. The summed E-state index contributed by atoms with van der Waals surface area (Å²) in [7, 11) is 0. The van der Waals surface area contributed by atoms with Crippen molar-refractivity contribution in [2.45, 2.75) is 19.8 Å². The molecule has 28 heavy (non-hydrogen) atoms. The number of aromatic nitrogens is 2. The Kier molecular flexibility index (Phi) is 6.02. The quantitative estimate of drug-likeness (QED) is 0.619. The molecule has 0 atom stereocenters. The van der Waals surface area contributed by atoms with Gasteiger partial charge in [0.15, 0.2) is 0 Å². The van der Waals surface area contributed by atoms with E-state index in [1.54, 1.807) is 41.1 Å². The number of carbonyl (C=O) groups is 2. The van der Waals surface area contributed by atoms with Crippen LogP contribution in [-0.4, -0.2) is 21.6 Å². The lowest BCUT2D eigenvalue weighted by Gasteiger charge is -2.13. The number of hydrogen-bond donors (Lipinski definition) is 2. The molecular weight excluding hydrogens is 399 g/mol. The minimum atomic E-state index is -0.459. The molecule has 0 spiro atoms. The molecule has 2 N–H and O–H groups in total. The number of nitrogens with one attached hydrogen (secondary N) is 2. The van der Waals surface area contributed by atoms with Crippen molar-refractivity contribution in [3.05, 3.63) is 81.6 Å². The standard InChI is InChI=1S/C20H18Cl2N4O2/c1-12(2)18-17(11-23-26(18)16-5-3-4-15(22)10-16)20(28)25-24-19(27)13-6-8-14(21)9-7-13/h3-12H,1-2H3,(H,24,27)(H,25,28). The molecule has 2 aromatic carbocycles. The van der Waals surface area contributed by atoms with Crippen molar-refractivity contribution in [3.8, 4) is 5.69 Å². The fourth-order valence-corrected chi connectivity index (χ4v) is 3.07. The Morgan fingerprint density at radius 2 is 1.64 bits per heavy atom. The van der Waals surface area contributed by atoms with Crippen LogP contribution in [0.25, 0.3) is 5.69 Å². The third-order valence-electron chi connectivity index (χ3n) is 4.05. The first kappa shape index (κ1) is 19.9. The number of hydrogen-bond acceptors (Lipinski definition) is 3. The summed E-state index contributed by atoms with van der Waals surface area (Å²) in [6, 6.07) is 13.5. The number of nitrogens with zero attached hydrogens (tertiary/aromatic N) is 2. The highest BCUT2D eigenvalue weighted by Gasteiger charge is 2.21. The maximum Gasteiger partial charge on any atom is 0.273 e. The number of benzene rings is 2. The van der Waals surface area contributed by atoms with Crippen LogP contribution in [-0.2, 0) is 0 Å². The first-order valence-electron chi connectivity index (χ1n) is 8.57. The van der Waals surface area contributed by atoms with E-state index in [-0.39, 0.29) is 5.92 Å². The van der Waals surface area contributed by atoms with Gasteiger partial charge < -0.3 is 0 Å². The van der Waals surface area contributed by atoms with Gasteiger partial charge in [-0.2, -0.15) is 5.10 Å². The summed E-state index contributed by atoms with van der Waals surface area (Å²) in [6.07, 6.45) is 1.47. The third-order valence-corrected chi connectivity index (χ3v) is 4.53. The molecule has 0 radical (unpaired) electrons. The molecule has 0 aliphatic rings. The second-order valence-corrected chi connectivity index (χ2v) is 7.28. The molecule has 0 unspecified atom stereocenters. The lowest BCUT2D eigenvalue weighted by molar-refractivity contribution is 0.0846. The van der Waals surface area contributed by atoms with Gasteiger partial charge in [-0.1, -0.05) is 43.1 Å². The molecule has 2 amide bonds. The van der Waals surface area contributed by atoms with E-state index < -0.39 is 11.8 Å². The van der Waals surface area contributed by atoms with Crippen molar-refractivity contribution >= 4 is 35.0 Å². The van der Waals surface area contributed by atoms with Crippen LogP contribution >= 0.6 is 23.2 Å². The molecule has 8 heteroatoms. The van der Waals surface area contributed by atoms with Gasteiger partial charge in [0.25, 0.3) is 11.8 Å². The van der Waals surface area contributed by atoms with E-state index in [1.807, 2.05) is 26.0 Å². The highest BCUT2D eigenvalue weighted by molar-refractivity contribution is 6.31. The molecule has 1 heterocycles. The monoisotopic (exact) mass is 416 g/mol. The topological polar surface area (TPSA) is 76.0 Å². The van der Waals surface area contributed by atoms with E-state index >= 15 is 0 Å². The average Bonchev–Trinajstić information content (AvgIpc) is 3.12. The molecule has 6 nitrogen and oxygen atoms in total. The van der Waals surface area contributed by atoms with Gasteiger partial charge in [0.05, 0.1) is 23.1 Å². The first-order valence-corrected chi connectivity index (χ1v) is 9.32. The van der Waals surface area contributed by atoms with Crippen LogP contribution in [0.1, 0.15) is 46.2 Å². The van der Waals surface area contributed by atoms with E-state index in [4.69, 9.17) is 23.2 Å². The molecular formula is C20H18Cl2N4O2. The summed E-state index contributed by atoms with van der Waals surface area (Å²) in [5.41, 5.74) is 7.04. The van der Waals surface area contributed by atoms with E-state index in [1.165, 1.54) is 6.20 Å². The lowest BCUT2D eigenvalue weighted by atomic mass is 10.1. The Hall–Kier alpha value is -2.83. The molecule has 0 saturated carbocycles. The number of amides is 2. The van der Waals surface area contributed by atoms with Crippen LogP contribution in [0.15, 0.2) is 54.7 Å². The van der Waals surface area contributed by atoms with Crippen LogP contribution < -0.4 is 10.9 Å². The molecule has 0 fully saturated rings. The van der Waals surface area contributed by atoms with Gasteiger partial charge in [0.1, 0.15) is 0 Å². The van der Waals surface area contributed by atoms with Crippen molar-refractivity contribution in [3.63, 3.8) is 0 Å². The molecule has 0 aliphatic heterocycles. The molecule has 3 rings (SSSR count). The fraction of sp³-hybridized carbons (Fsp3) is 0.150. The minimum Gasteiger partial charge on any atom is -0.267 e. The summed E-state index contributed by atoms with van der Waals surface area (Å²) < 4.78 is 1.67. The van der Waals surface area contributed by atoms with Crippen LogP contribution in [0.3, 0.4) is 0 Å². The van der Waals surface area contributed by atoms with Gasteiger partial charge in [-0.3, -0.25) is 20.4 Å². The number of hydrazine groups is 1. The number of halogens is 2. The number of rotatable bonds is 4. The summed E-state index contributed by atoms with van der Waals surface area (Å²) in [6.45, 7) is 3.92. The summed E-state index contributed by atoms with van der Waals surface area (Å²) in [5, 5.41) is 5.43. The van der Waals surface area contributed by atoms with E-state index in [0.717, 1.165) is 5.69 Å². The second kappa shape index (κ2) is 8.46. The van der Waals surface area contributed by atoms with Crippen molar-refractivity contribution in [2.24, 2.45) is 0 Å². The maximum atomic E-state index is 12.6. The molecule has 144 valence electrons. The molecule has 0 aliphatic carbocycles. The van der Waals surface area contributed by atoms with Crippen molar-refractivity contribution in [1.82, 2.24) is 20.6 Å². The highest BCUT2D eigenvalue weighted by Crippen LogP contribution is 2.24. The van der Waals surface area contributed by atoms with E-state index in [9.17, 15) is 9.59 Å². The number of carbonyl (C=O) groups excluding carboxylic acids is 2. The zero-order chi connectivity index (χ0) is 20.3. The van der Waals surface area contributed by atoms with E-state index in [0.29, 0.717) is 26.9 Å². The van der Waals surface area contributed by atoms with E-state index in [2.05, 4.69) is 16.0 Å². The average molecular weight is 417 g/mol. The molecule has 0 saturated heterocycles. The third kappa shape index (κ3) is 4.35. The van der Waals surface area contributed by atoms with Gasteiger partial charge in [0.2, 0.25) is 0 Å². The zero-order valence-corrected chi connectivity index (χ0v) is 16.8. The molecule has 0 bridgehead atoms. The van der Waals surface area contributed by atoms with Gasteiger partial charge >= 0.3 is 0 Å². The van der Waals surface area contributed by atoms with Gasteiger partial charge in [0, 0.05) is 15.6 Å². The van der Waals surface area contributed by atoms with Gasteiger partial charge in [-0.15, -0.1) is 0 Å². The maximum absolute atomic E-state index is 12.6. The predicted octanol–water partition coefficient (Wildman–Crippen LogP) is 4.38. The van der Waals surface area contributed by atoms with Crippen molar-refractivity contribution in [1.29, 1.82) is 0 Å². The normalized spacial score (nSPS) is 10.8. The SMILES string of the molecule is CC(C)c1c(C(=O)NNC(=O)c2ccc(Cl)cc2)cnn1-c1cccc(Cl)c1. The molecule has 1 aromatic heterocycles.